The summed E-state index contributed by atoms with van der Waals surface area (Å²) in [4.78, 5) is 15.9. The summed E-state index contributed by atoms with van der Waals surface area (Å²) in [6.07, 6.45) is 0. The number of fused-ring (bicyclic) bond motifs is 1. The van der Waals surface area contributed by atoms with Gasteiger partial charge in [0.25, 0.3) is 0 Å². The zero-order valence-corrected chi connectivity index (χ0v) is 11.4. The van der Waals surface area contributed by atoms with Crippen LogP contribution in [0.5, 0.6) is 0 Å². The Hall–Kier alpha value is -1.00. The first kappa shape index (κ1) is 12.1. The van der Waals surface area contributed by atoms with Gasteiger partial charge in [0.1, 0.15) is 0 Å². The Morgan fingerprint density at radius 1 is 1.44 bits per heavy atom. The van der Waals surface area contributed by atoms with Crippen molar-refractivity contribution in [3.05, 3.63) is 29.8 Å². The van der Waals surface area contributed by atoms with E-state index in [0.717, 1.165) is 25.4 Å². The fourth-order valence-corrected chi connectivity index (χ4v) is 3.94. The van der Waals surface area contributed by atoms with Crippen molar-refractivity contribution in [3.63, 3.8) is 0 Å². The first-order valence-electron chi connectivity index (χ1n) is 6.49. The molecule has 0 spiro atoms. The largest absolute Gasteiger partial charge is 0.339 e. The van der Waals surface area contributed by atoms with Crippen LogP contribution in [-0.4, -0.2) is 42.2 Å². The summed E-state index contributed by atoms with van der Waals surface area (Å²) in [5, 5.41) is 3.38. The molecule has 1 N–H and O–H groups in total. The number of hydrogen-bond acceptors (Lipinski definition) is 3. The summed E-state index contributed by atoms with van der Waals surface area (Å²) in [5.74, 6) is 1.27. The van der Waals surface area contributed by atoms with Crippen molar-refractivity contribution >= 4 is 17.7 Å². The summed E-state index contributed by atoms with van der Waals surface area (Å²) in [5.41, 5.74) is 1.22. The molecule has 0 bridgehead atoms. The smallest absolute Gasteiger partial charge is 0.231 e. The van der Waals surface area contributed by atoms with Gasteiger partial charge in [-0.3, -0.25) is 4.79 Å². The second-order valence-electron chi connectivity index (χ2n) is 5.04. The predicted octanol–water partition coefficient (Wildman–Crippen LogP) is 1.70. The summed E-state index contributed by atoms with van der Waals surface area (Å²) in [7, 11) is 0. The number of benzene rings is 1. The Morgan fingerprint density at radius 3 is 3.11 bits per heavy atom. The number of thioether (sulfide) groups is 1. The molecule has 18 heavy (non-hydrogen) atoms. The molecule has 0 aliphatic carbocycles. The van der Waals surface area contributed by atoms with Crippen LogP contribution in [0.15, 0.2) is 29.2 Å². The van der Waals surface area contributed by atoms with E-state index in [1.165, 1.54) is 10.5 Å². The van der Waals surface area contributed by atoms with E-state index in [0.29, 0.717) is 11.9 Å². The van der Waals surface area contributed by atoms with Gasteiger partial charge in [0.15, 0.2) is 0 Å². The minimum atomic E-state index is 0.0662. The molecule has 3 nitrogen and oxygen atoms in total. The second kappa shape index (κ2) is 4.94. The van der Waals surface area contributed by atoms with E-state index in [-0.39, 0.29) is 5.92 Å². The van der Waals surface area contributed by atoms with Crippen LogP contribution < -0.4 is 5.32 Å². The first-order chi connectivity index (χ1) is 8.75. The molecular weight excluding hydrogens is 244 g/mol. The molecule has 4 heteroatoms. The van der Waals surface area contributed by atoms with Crippen LogP contribution in [0.2, 0.25) is 0 Å². The molecule has 1 fully saturated rings. The van der Waals surface area contributed by atoms with Crippen LogP contribution in [0.3, 0.4) is 0 Å². The molecular formula is C14H18N2OS. The summed E-state index contributed by atoms with van der Waals surface area (Å²) < 4.78 is 0. The quantitative estimate of drug-likeness (QED) is 0.836. The van der Waals surface area contributed by atoms with Gasteiger partial charge < -0.3 is 10.2 Å². The standard InChI is InChI=1S/C14H18N2OS/c1-10-8-16(7-6-15-10)14(17)12-9-18-13-5-3-2-4-11(12)13/h2-5,10,12,15H,6-9H2,1H3/t10-,12?/m0/s1. The number of nitrogens with one attached hydrogen (secondary N) is 1. The molecule has 2 aliphatic rings. The Bertz CT molecular complexity index is 463. The lowest BCUT2D eigenvalue weighted by molar-refractivity contribution is -0.133. The van der Waals surface area contributed by atoms with Crippen LogP contribution in [0.4, 0.5) is 0 Å². The topological polar surface area (TPSA) is 32.3 Å². The Morgan fingerprint density at radius 2 is 2.28 bits per heavy atom. The van der Waals surface area contributed by atoms with Crippen molar-refractivity contribution in [1.29, 1.82) is 0 Å². The fraction of sp³-hybridized carbons (Fsp3) is 0.500. The minimum Gasteiger partial charge on any atom is -0.339 e. The summed E-state index contributed by atoms with van der Waals surface area (Å²) in [6, 6.07) is 8.71. The van der Waals surface area contributed by atoms with Crippen LogP contribution in [0, 0.1) is 0 Å². The van der Waals surface area contributed by atoms with Crippen molar-refractivity contribution in [2.75, 3.05) is 25.4 Å². The van der Waals surface area contributed by atoms with E-state index in [1.54, 1.807) is 11.8 Å². The number of nitrogens with zero attached hydrogens (tertiary/aromatic N) is 1. The molecule has 96 valence electrons. The third kappa shape index (κ3) is 2.15. The van der Waals surface area contributed by atoms with Gasteiger partial charge in [-0.05, 0) is 18.6 Å². The van der Waals surface area contributed by atoms with E-state index in [4.69, 9.17) is 0 Å². The second-order valence-corrected chi connectivity index (χ2v) is 6.10. The highest BCUT2D eigenvalue weighted by Crippen LogP contribution is 2.40. The van der Waals surface area contributed by atoms with Crippen molar-refractivity contribution in [2.24, 2.45) is 0 Å². The van der Waals surface area contributed by atoms with Gasteiger partial charge in [0.05, 0.1) is 5.92 Å². The molecule has 0 radical (unpaired) electrons. The molecule has 2 heterocycles. The third-order valence-corrected chi connectivity index (χ3v) is 4.86. The minimum absolute atomic E-state index is 0.0662. The molecule has 2 atom stereocenters. The predicted molar refractivity (Wildman–Crippen MR) is 74.0 cm³/mol. The molecule has 3 rings (SSSR count). The average molecular weight is 262 g/mol. The number of carbonyl (C=O) groups is 1. The zero-order valence-electron chi connectivity index (χ0n) is 10.6. The third-order valence-electron chi connectivity index (χ3n) is 3.68. The van der Waals surface area contributed by atoms with E-state index >= 15 is 0 Å². The van der Waals surface area contributed by atoms with E-state index in [2.05, 4.69) is 24.4 Å². The highest BCUT2D eigenvalue weighted by molar-refractivity contribution is 7.99. The van der Waals surface area contributed by atoms with Gasteiger partial charge in [0.2, 0.25) is 5.91 Å². The Balaban J connectivity index is 1.78. The number of rotatable bonds is 1. The highest BCUT2D eigenvalue weighted by Gasteiger charge is 2.33. The average Bonchev–Trinajstić information content (AvgIpc) is 2.82. The van der Waals surface area contributed by atoms with Crippen LogP contribution in [0.1, 0.15) is 18.4 Å². The lowest BCUT2D eigenvalue weighted by Crippen LogP contribution is -2.52. The molecule has 1 aromatic carbocycles. The highest BCUT2D eigenvalue weighted by atomic mass is 32.2. The first-order valence-corrected chi connectivity index (χ1v) is 7.48. The normalized spacial score (nSPS) is 27.1. The fourth-order valence-electron chi connectivity index (χ4n) is 2.72. The Labute approximate surface area is 112 Å². The lowest BCUT2D eigenvalue weighted by atomic mass is 9.99. The van der Waals surface area contributed by atoms with E-state index in [1.807, 2.05) is 17.0 Å². The molecule has 1 aromatic rings. The van der Waals surface area contributed by atoms with Gasteiger partial charge in [-0.2, -0.15) is 0 Å². The van der Waals surface area contributed by atoms with Crippen LogP contribution in [0.25, 0.3) is 0 Å². The van der Waals surface area contributed by atoms with E-state index in [9.17, 15) is 4.79 Å². The maximum atomic E-state index is 12.6. The summed E-state index contributed by atoms with van der Waals surface area (Å²) in [6.45, 7) is 4.72. The van der Waals surface area contributed by atoms with Gasteiger partial charge >= 0.3 is 0 Å². The molecule has 1 saturated heterocycles. The van der Waals surface area contributed by atoms with Crippen LogP contribution in [-0.2, 0) is 4.79 Å². The zero-order chi connectivity index (χ0) is 12.5. The molecule has 0 aromatic heterocycles. The van der Waals surface area contributed by atoms with Gasteiger partial charge in [-0.1, -0.05) is 18.2 Å². The number of hydrogen-bond donors (Lipinski definition) is 1. The number of piperazine rings is 1. The van der Waals surface area contributed by atoms with Crippen molar-refractivity contribution in [2.45, 2.75) is 23.8 Å². The lowest BCUT2D eigenvalue weighted by Gasteiger charge is -2.33. The molecule has 1 unspecified atom stereocenters. The van der Waals surface area contributed by atoms with Gasteiger partial charge in [-0.25, -0.2) is 0 Å². The molecule has 1 amide bonds. The van der Waals surface area contributed by atoms with Crippen LogP contribution >= 0.6 is 11.8 Å². The van der Waals surface area contributed by atoms with Gasteiger partial charge in [0, 0.05) is 36.3 Å². The molecule has 0 saturated carbocycles. The maximum Gasteiger partial charge on any atom is 0.231 e. The number of carbonyl (C=O) groups excluding carboxylic acids is 1. The Kier molecular flexibility index (Phi) is 3.31. The monoisotopic (exact) mass is 262 g/mol. The molecule has 2 aliphatic heterocycles. The van der Waals surface area contributed by atoms with Gasteiger partial charge in [-0.15, -0.1) is 11.8 Å². The van der Waals surface area contributed by atoms with Crippen molar-refractivity contribution < 1.29 is 4.79 Å². The summed E-state index contributed by atoms with van der Waals surface area (Å²) >= 11 is 1.81. The number of amides is 1. The van der Waals surface area contributed by atoms with Crippen molar-refractivity contribution in [1.82, 2.24) is 10.2 Å². The maximum absolute atomic E-state index is 12.6. The van der Waals surface area contributed by atoms with Crippen molar-refractivity contribution in [3.8, 4) is 0 Å². The van der Waals surface area contributed by atoms with E-state index < -0.39 is 0 Å². The SMILES string of the molecule is C[C@H]1CN(C(=O)C2CSc3ccccc32)CCN1.